The molecule has 0 aliphatic rings. The average molecular weight is 389 g/mol. The molecule has 0 heterocycles. The minimum atomic E-state index is -3.60. The quantitative estimate of drug-likeness (QED) is 0.622. The molecule has 0 aromatic carbocycles. The third-order valence-electron chi connectivity index (χ3n) is 1.97. The van der Waals surface area contributed by atoms with Crippen LogP contribution in [0.4, 0.5) is 0 Å². The van der Waals surface area contributed by atoms with Gasteiger partial charge >= 0.3 is 34.5 Å². The van der Waals surface area contributed by atoms with Gasteiger partial charge in [0.1, 0.15) is 0 Å². The van der Waals surface area contributed by atoms with Crippen LogP contribution in [0.3, 0.4) is 0 Å². The minimum Gasteiger partial charge on any atom is -0.437 e. The van der Waals surface area contributed by atoms with Gasteiger partial charge in [-0.3, -0.25) is 0 Å². The van der Waals surface area contributed by atoms with Crippen molar-refractivity contribution in [1.82, 2.24) is 0 Å². The van der Waals surface area contributed by atoms with Crippen LogP contribution in [0.5, 0.6) is 0 Å². The maximum absolute atomic E-state index is 9.53. The van der Waals surface area contributed by atoms with Gasteiger partial charge in [0.05, 0.1) is 0 Å². The van der Waals surface area contributed by atoms with Crippen molar-refractivity contribution in [2.75, 3.05) is 0 Å². The van der Waals surface area contributed by atoms with Crippen LogP contribution in [0.25, 0.3) is 0 Å². The molecule has 0 saturated carbocycles. The number of hydrogen-bond acceptors (Lipinski definition) is 6. The van der Waals surface area contributed by atoms with Gasteiger partial charge in [-0.25, -0.2) is 0 Å². The first-order valence-corrected chi connectivity index (χ1v) is 21.2. The molecule has 2 N–H and O–H groups in total. The van der Waals surface area contributed by atoms with Crippen molar-refractivity contribution in [3.05, 3.63) is 0 Å². The van der Waals surface area contributed by atoms with Gasteiger partial charge in [0.2, 0.25) is 0 Å². The summed E-state index contributed by atoms with van der Waals surface area (Å²) in [7, 11) is -12.7. The van der Waals surface area contributed by atoms with Crippen molar-refractivity contribution in [2.24, 2.45) is 0 Å². The molecule has 0 rings (SSSR count). The van der Waals surface area contributed by atoms with Crippen molar-refractivity contribution in [3.8, 4) is 0 Å². The molecule has 0 radical (unpaired) electrons. The minimum absolute atomic E-state index is 1.31. The lowest BCUT2D eigenvalue weighted by molar-refractivity contribution is 0.213. The summed E-state index contributed by atoms with van der Waals surface area (Å²) < 4.78 is 23.8. The molecule has 0 unspecified atom stereocenters. The summed E-state index contributed by atoms with van der Waals surface area (Å²) in [5.74, 6) is 0. The first-order chi connectivity index (χ1) is 8.83. The van der Waals surface area contributed by atoms with E-state index in [1.54, 1.807) is 13.1 Å². The maximum atomic E-state index is 9.53. The topological polar surface area (TPSA) is 77.4 Å². The second-order valence-corrected chi connectivity index (χ2v) is 25.4. The highest BCUT2D eigenvalue weighted by Crippen LogP contribution is 2.24. The van der Waals surface area contributed by atoms with Crippen LogP contribution in [0.2, 0.25) is 65.5 Å². The summed E-state index contributed by atoms with van der Waals surface area (Å²) in [5, 5.41) is 0. The van der Waals surface area contributed by atoms with E-state index < -0.39 is 42.8 Å². The van der Waals surface area contributed by atoms with Gasteiger partial charge < -0.3 is 26.1 Å². The van der Waals surface area contributed by atoms with Gasteiger partial charge in [0.15, 0.2) is 8.32 Å². The molecule has 0 aromatic rings. The molecule has 128 valence electrons. The Bertz CT molecular complexity index is 315. The standard InChI is InChI=1S/C10H32O6Si5/c1-17(2,3)13-18(4,5)14-19(6,7)15-20(8,9)16-21(10,11)12/h11-12H,1-10H3. The Kier molecular flexibility index (Phi) is 7.03. The highest BCUT2D eigenvalue weighted by Gasteiger charge is 2.45. The first kappa shape index (κ1) is 21.8. The molecule has 0 fully saturated rings. The molecular weight excluding hydrogens is 357 g/mol. The van der Waals surface area contributed by atoms with Gasteiger partial charge in [0, 0.05) is 6.55 Å². The Hall–Kier alpha value is 0.844. The fraction of sp³-hybridized carbons (Fsp3) is 1.00. The van der Waals surface area contributed by atoms with Crippen molar-refractivity contribution in [1.29, 1.82) is 0 Å². The van der Waals surface area contributed by atoms with E-state index in [0.717, 1.165) is 0 Å². The molecular formula is C10H32O6Si5. The van der Waals surface area contributed by atoms with E-state index in [9.17, 15) is 9.59 Å². The molecule has 0 aromatic heterocycles. The van der Waals surface area contributed by atoms with E-state index in [1.165, 1.54) is 6.55 Å². The largest absolute Gasteiger partial charge is 0.483 e. The zero-order chi connectivity index (χ0) is 17.3. The smallest absolute Gasteiger partial charge is 0.437 e. The van der Waals surface area contributed by atoms with Crippen LogP contribution in [0, 0.1) is 0 Å². The van der Waals surface area contributed by atoms with Crippen LogP contribution in [0.1, 0.15) is 0 Å². The van der Waals surface area contributed by atoms with Crippen molar-refractivity contribution in [3.63, 3.8) is 0 Å². The molecule has 0 aliphatic heterocycles. The van der Waals surface area contributed by atoms with E-state index in [-0.39, 0.29) is 0 Å². The number of rotatable bonds is 8. The average Bonchev–Trinajstić information content (AvgIpc) is 1.83. The Balaban J connectivity index is 4.83. The SMILES string of the molecule is C[Si](C)(C)O[Si](C)(C)O[Si](C)(C)O[Si](C)(C)O[Si](C)(O)O. The molecule has 0 saturated heterocycles. The fourth-order valence-corrected chi connectivity index (χ4v) is 23.2. The van der Waals surface area contributed by atoms with Crippen molar-refractivity contribution in [2.45, 2.75) is 65.5 Å². The van der Waals surface area contributed by atoms with Crippen LogP contribution in [-0.4, -0.2) is 52.4 Å². The van der Waals surface area contributed by atoms with Crippen LogP contribution >= 0.6 is 0 Å². The first-order valence-electron chi connectivity index (χ1n) is 7.08. The van der Waals surface area contributed by atoms with Gasteiger partial charge in [-0.15, -0.1) is 0 Å². The third kappa shape index (κ3) is 12.0. The normalized spacial score (nSPS) is 15.4. The lowest BCUT2D eigenvalue weighted by Crippen LogP contribution is -2.58. The molecule has 0 spiro atoms. The van der Waals surface area contributed by atoms with E-state index in [4.69, 9.17) is 16.5 Å². The summed E-state index contributed by atoms with van der Waals surface area (Å²) >= 11 is 0. The monoisotopic (exact) mass is 388 g/mol. The molecule has 0 bridgehead atoms. The summed E-state index contributed by atoms with van der Waals surface area (Å²) in [6, 6.07) is 0. The van der Waals surface area contributed by atoms with E-state index in [0.29, 0.717) is 0 Å². The van der Waals surface area contributed by atoms with Gasteiger partial charge in [-0.05, 0) is 58.9 Å². The second-order valence-electron chi connectivity index (χ2n) is 7.65. The highest BCUT2D eigenvalue weighted by molar-refractivity contribution is 6.89. The van der Waals surface area contributed by atoms with E-state index in [1.807, 2.05) is 26.2 Å². The molecule has 6 nitrogen and oxygen atoms in total. The third-order valence-corrected chi connectivity index (χ3v) is 17.8. The van der Waals surface area contributed by atoms with E-state index in [2.05, 4.69) is 19.6 Å². The summed E-state index contributed by atoms with van der Waals surface area (Å²) in [6.45, 7) is 19.3. The van der Waals surface area contributed by atoms with Gasteiger partial charge in [-0.2, -0.15) is 0 Å². The second kappa shape index (κ2) is 6.76. The molecule has 0 atom stereocenters. The molecule has 0 aliphatic carbocycles. The summed E-state index contributed by atoms with van der Waals surface area (Å²) in [4.78, 5) is 19.1. The molecule has 0 amide bonds. The molecule has 21 heavy (non-hydrogen) atoms. The highest BCUT2D eigenvalue weighted by atomic mass is 28.5. The molecule has 11 heteroatoms. The van der Waals surface area contributed by atoms with Crippen LogP contribution in [-0.2, 0) is 16.5 Å². The fourth-order valence-electron chi connectivity index (χ4n) is 2.45. The lowest BCUT2D eigenvalue weighted by atomic mass is 11.8. The Labute approximate surface area is 134 Å². The Morgan fingerprint density at radius 2 is 0.762 bits per heavy atom. The predicted octanol–water partition coefficient (Wildman–Crippen LogP) is 2.55. The summed E-state index contributed by atoms with van der Waals surface area (Å²) in [6.07, 6.45) is 0. The van der Waals surface area contributed by atoms with Crippen LogP contribution in [0.15, 0.2) is 0 Å². The zero-order valence-electron chi connectivity index (χ0n) is 15.0. The maximum Gasteiger partial charge on any atom is 0.483 e. The lowest BCUT2D eigenvalue weighted by Gasteiger charge is -2.40. The number of hydrogen-bond donors (Lipinski definition) is 2. The predicted molar refractivity (Wildman–Crippen MR) is 96.2 cm³/mol. The van der Waals surface area contributed by atoms with Crippen LogP contribution < -0.4 is 0 Å². The zero-order valence-corrected chi connectivity index (χ0v) is 20.0. The van der Waals surface area contributed by atoms with Gasteiger partial charge in [-0.1, -0.05) is 0 Å². The Morgan fingerprint density at radius 3 is 1.05 bits per heavy atom. The van der Waals surface area contributed by atoms with Crippen molar-refractivity contribution >= 4 is 42.8 Å². The van der Waals surface area contributed by atoms with E-state index >= 15 is 0 Å². The van der Waals surface area contributed by atoms with Crippen molar-refractivity contribution < 1.29 is 26.1 Å². The van der Waals surface area contributed by atoms with Gasteiger partial charge in [0.25, 0.3) is 0 Å². The Morgan fingerprint density at radius 1 is 0.476 bits per heavy atom. The summed E-state index contributed by atoms with van der Waals surface area (Å²) in [5.41, 5.74) is 0.